The van der Waals surface area contributed by atoms with Crippen molar-refractivity contribution in [1.82, 2.24) is 9.55 Å². The summed E-state index contributed by atoms with van der Waals surface area (Å²) in [5, 5.41) is 11.4. The number of anilines is 1. The molecular weight excluding hydrogens is 176 g/mol. The number of nitriles is 1. The van der Waals surface area contributed by atoms with Crippen molar-refractivity contribution in [3.63, 3.8) is 0 Å². The first-order valence-electron chi connectivity index (χ1n) is 4.33. The Hall–Kier alpha value is -2.02. The monoisotopic (exact) mass is 186 g/mol. The van der Waals surface area contributed by atoms with Gasteiger partial charge >= 0.3 is 0 Å². The minimum atomic E-state index is 0.318. The Bertz CT molecular complexity index is 492. The molecule has 0 atom stereocenters. The average Bonchev–Trinajstić information content (AvgIpc) is 2.57. The molecule has 0 aliphatic rings. The number of rotatable bonds is 2. The van der Waals surface area contributed by atoms with Gasteiger partial charge in [0.25, 0.3) is 0 Å². The second kappa shape index (κ2) is 3.38. The molecule has 0 saturated carbocycles. The van der Waals surface area contributed by atoms with Crippen LogP contribution in [0.3, 0.4) is 0 Å². The van der Waals surface area contributed by atoms with Crippen molar-refractivity contribution >= 4 is 16.7 Å². The van der Waals surface area contributed by atoms with Crippen molar-refractivity contribution in [3.8, 4) is 6.07 Å². The molecule has 0 unspecified atom stereocenters. The number of hydrogen-bond donors (Lipinski definition) is 1. The van der Waals surface area contributed by atoms with Crippen LogP contribution in [0.5, 0.6) is 0 Å². The quantitative estimate of drug-likeness (QED) is 0.723. The Morgan fingerprint density at radius 3 is 3.21 bits per heavy atom. The predicted molar refractivity (Wildman–Crippen MR) is 54.8 cm³/mol. The van der Waals surface area contributed by atoms with Crippen LogP contribution < -0.4 is 5.32 Å². The lowest BCUT2D eigenvalue weighted by Gasteiger charge is -2.01. The van der Waals surface area contributed by atoms with Crippen LogP contribution in [0.1, 0.15) is 0 Å². The number of aryl methyl sites for hydroxylation is 1. The number of nitrogens with zero attached hydrogens (tertiary/aromatic N) is 3. The minimum Gasteiger partial charge on any atom is -0.372 e. The van der Waals surface area contributed by atoms with E-state index in [1.165, 1.54) is 0 Å². The SMILES string of the molecule is Cn1cnc2cc(NCC#N)ccc21. The van der Waals surface area contributed by atoms with Crippen molar-refractivity contribution in [2.45, 2.75) is 0 Å². The number of nitrogens with one attached hydrogen (secondary N) is 1. The molecule has 70 valence electrons. The van der Waals surface area contributed by atoms with Crippen LogP contribution in [0.15, 0.2) is 24.5 Å². The first-order chi connectivity index (χ1) is 6.81. The average molecular weight is 186 g/mol. The van der Waals surface area contributed by atoms with Gasteiger partial charge in [-0.1, -0.05) is 0 Å². The zero-order chi connectivity index (χ0) is 9.97. The summed E-state index contributed by atoms with van der Waals surface area (Å²) in [6, 6.07) is 7.90. The third-order valence-electron chi connectivity index (χ3n) is 2.10. The van der Waals surface area contributed by atoms with Gasteiger partial charge < -0.3 is 9.88 Å². The predicted octanol–water partition coefficient (Wildman–Crippen LogP) is 1.51. The third kappa shape index (κ3) is 1.40. The topological polar surface area (TPSA) is 53.6 Å². The van der Waals surface area contributed by atoms with Crippen LogP contribution in [0, 0.1) is 11.3 Å². The van der Waals surface area contributed by atoms with Crippen LogP contribution in [0.25, 0.3) is 11.0 Å². The van der Waals surface area contributed by atoms with Gasteiger partial charge in [-0.05, 0) is 18.2 Å². The lowest BCUT2D eigenvalue weighted by atomic mass is 10.2. The molecule has 2 rings (SSSR count). The largest absolute Gasteiger partial charge is 0.372 e. The summed E-state index contributed by atoms with van der Waals surface area (Å²) in [7, 11) is 1.96. The van der Waals surface area contributed by atoms with E-state index in [4.69, 9.17) is 5.26 Å². The van der Waals surface area contributed by atoms with E-state index < -0.39 is 0 Å². The fourth-order valence-electron chi connectivity index (χ4n) is 1.39. The summed E-state index contributed by atoms with van der Waals surface area (Å²) in [4.78, 5) is 4.23. The van der Waals surface area contributed by atoms with Crippen LogP contribution in [0.2, 0.25) is 0 Å². The molecule has 0 aliphatic carbocycles. The van der Waals surface area contributed by atoms with Gasteiger partial charge in [-0.15, -0.1) is 0 Å². The van der Waals surface area contributed by atoms with Crippen LogP contribution in [-0.4, -0.2) is 16.1 Å². The van der Waals surface area contributed by atoms with Gasteiger partial charge in [-0.2, -0.15) is 5.26 Å². The van der Waals surface area contributed by atoms with E-state index in [0.717, 1.165) is 16.7 Å². The van der Waals surface area contributed by atoms with E-state index in [1.54, 1.807) is 6.33 Å². The second-order valence-corrected chi connectivity index (χ2v) is 3.07. The van der Waals surface area contributed by atoms with Gasteiger partial charge in [0.05, 0.1) is 23.4 Å². The molecule has 4 heteroatoms. The van der Waals surface area contributed by atoms with Crippen molar-refractivity contribution in [2.75, 3.05) is 11.9 Å². The van der Waals surface area contributed by atoms with Crippen LogP contribution in [0.4, 0.5) is 5.69 Å². The van der Waals surface area contributed by atoms with E-state index in [2.05, 4.69) is 10.3 Å². The van der Waals surface area contributed by atoms with E-state index in [1.807, 2.05) is 35.9 Å². The number of fused-ring (bicyclic) bond motifs is 1. The van der Waals surface area contributed by atoms with Crippen molar-refractivity contribution in [3.05, 3.63) is 24.5 Å². The highest BCUT2D eigenvalue weighted by molar-refractivity contribution is 5.79. The van der Waals surface area contributed by atoms with Crippen molar-refractivity contribution < 1.29 is 0 Å². The van der Waals surface area contributed by atoms with E-state index in [9.17, 15) is 0 Å². The molecule has 1 N–H and O–H groups in total. The molecule has 0 spiro atoms. The summed E-state index contributed by atoms with van der Waals surface area (Å²) in [5.74, 6) is 0. The molecule has 1 aromatic carbocycles. The number of aromatic nitrogens is 2. The van der Waals surface area contributed by atoms with E-state index in [0.29, 0.717) is 6.54 Å². The standard InChI is InChI=1S/C10H10N4/c1-14-7-13-9-6-8(12-5-4-11)2-3-10(9)14/h2-3,6-7,12H,5H2,1H3. The Morgan fingerprint density at radius 2 is 2.43 bits per heavy atom. The van der Waals surface area contributed by atoms with Crippen LogP contribution in [-0.2, 0) is 7.05 Å². The van der Waals surface area contributed by atoms with Gasteiger partial charge in [0, 0.05) is 12.7 Å². The summed E-state index contributed by atoms with van der Waals surface area (Å²) < 4.78 is 1.96. The number of hydrogen-bond acceptors (Lipinski definition) is 3. The summed E-state index contributed by atoms with van der Waals surface area (Å²) in [6.45, 7) is 0.318. The zero-order valence-corrected chi connectivity index (χ0v) is 7.86. The molecule has 1 aromatic heterocycles. The maximum Gasteiger partial charge on any atom is 0.103 e. The molecular formula is C10H10N4. The highest BCUT2D eigenvalue weighted by Gasteiger charge is 1.99. The van der Waals surface area contributed by atoms with Gasteiger partial charge in [-0.3, -0.25) is 0 Å². The highest BCUT2D eigenvalue weighted by atomic mass is 15.0. The normalized spacial score (nSPS) is 10.0. The van der Waals surface area contributed by atoms with Gasteiger partial charge in [-0.25, -0.2) is 4.98 Å². The Kier molecular flexibility index (Phi) is 2.07. The maximum absolute atomic E-state index is 8.41. The van der Waals surface area contributed by atoms with Gasteiger partial charge in [0.1, 0.15) is 6.54 Å². The summed E-state index contributed by atoms with van der Waals surface area (Å²) >= 11 is 0. The number of imidazole rings is 1. The molecule has 0 amide bonds. The lowest BCUT2D eigenvalue weighted by Crippen LogP contribution is -1.97. The second-order valence-electron chi connectivity index (χ2n) is 3.07. The first kappa shape index (κ1) is 8.57. The molecule has 0 bridgehead atoms. The van der Waals surface area contributed by atoms with E-state index in [-0.39, 0.29) is 0 Å². The van der Waals surface area contributed by atoms with Gasteiger partial charge in [0.2, 0.25) is 0 Å². The molecule has 0 radical (unpaired) electrons. The summed E-state index contributed by atoms with van der Waals surface area (Å²) in [5.41, 5.74) is 2.96. The van der Waals surface area contributed by atoms with Crippen LogP contribution >= 0.6 is 0 Å². The third-order valence-corrected chi connectivity index (χ3v) is 2.10. The summed E-state index contributed by atoms with van der Waals surface area (Å²) in [6.07, 6.45) is 1.78. The fraction of sp³-hybridized carbons (Fsp3) is 0.200. The number of benzene rings is 1. The molecule has 0 saturated heterocycles. The van der Waals surface area contributed by atoms with Crippen molar-refractivity contribution in [1.29, 1.82) is 5.26 Å². The van der Waals surface area contributed by atoms with Gasteiger partial charge in [0.15, 0.2) is 0 Å². The maximum atomic E-state index is 8.41. The molecule has 2 aromatic rings. The van der Waals surface area contributed by atoms with E-state index >= 15 is 0 Å². The fourth-order valence-corrected chi connectivity index (χ4v) is 1.39. The Morgan fingerprint density at radius 1 is 1.57 bits per heavy atom. The highest BCUT2D eigenvalue weighted by Crippen LogP contribution is 2.16. The Balaban J connectivity index is 2.38. The zero-order valence-electron chi connectivity index (χ0n) is 7.86. The molecule has 0 aliphatic heterocycles. The molecule has 14 heavy (non-hydrogen) atoms. The molecule has 4 nitrogen and oxygen atoms in total. The first-order valence-corrected chi connectivity index (χ1v) is 4.33. The minimum absolute atomic E-state index is 0.318. The lowest BCUT2D eigenvalue weighted by molar-refractivity contribution is 0.948. The smallest absolute Gasteiger partial charge is 0.103 e. The Labute approximate surface area is 81.8 Å². The van der Waals surface area contributed by atoms with Crippen molar-refractivity contribution in [2.24, 2.45) is 7.05 Å². The molecule has 0 fully saturated rings. The molecule has 1 heterocycles.